The monoisotopic (exact) mass is 329 g/mol. The van der Waals surface area contributed by atoms with Gasteiger partial charge >= 0.3 is 12.1 Å². The Bertz CT molecular complexity index is 751. The number of hydrogen-bond acceptors (Lipinski definition) is 5. The first-order valence-electron chi connectivity index (χ1n) is 7.30. The molecule has 7 nitrogen and oxygen atoms in total. The molecule has 0 fully saturated rings. The molecular weight excluding hydrogens is 310 g/mol. The van der Waals surface area contributed by atoms with Crippen molar-refractivity contribution in [2.75, 3.05) is 11.9 Å². The van der Waals surface area contributed by atoms with E-state index in [0.29, 0.717) is 11.1 Å². The Balaban J connectivity index is 2.20. The van der Waals surface area contributed by atoms with Crippen LogP contribution in [-0.2, 0) is 4.74 Å². The third-order valence-corrected chi connectivity index (χ3v) is 3.05. The number of aromatic carboxylic acids is 1. The number of carboxylic acids is 1. The van der Waals surface area contributed by atoms with Crippen molar-refractivity contribution >= 4 is 18.0 Å². The van der Waals surface area contributed by atoms with Crippen LogP contribution >= 0.6 is 0 Å². The lowest BCUT2D eigenvalue weighted by atomic mass is 10.1. The van der Waals surface area contributed by atoms with Crippen LogP contribution in [0.5, 0.6) is 0 Å². The first kappa shape index (κ1) is 17.4. The first-order chi connectivity index (χ1) is 11.2. The molecular formula is C17H19N3O4. The summed E-state index contributed by atoms with van der Waals surface area (Å²) in [6, 6.07) is 6.47. The highest BCUT2D eigenvalue weighted by Crippen LogP contribution is 2.20. The van der Waals surface area contributed by atoms with Gasteiger partial charge in [0.05, 0.1) is 5.56 Å². The molecule has 0 saturated carbocycles. The van der Waals surface area contributed by atoms with Crippen molar-refractivity contribution in [2.24, 2.45) is 0 Å². The molecule has 0 saturated heterocycles. The molecule has 0 bridgehead atoms. The molecule has 1 aromatic heterocycles. The van der Waals surface area contributed by atoms with Crippen molar-refractivity contribution in [2.45, 2.75) is 26.4 Å². The average Bonchev–Trinajstić information content (AvgIpc) is 2.53. The van der Waals surface area contributed by atoms with Crippen molar-refractivity contribution in [1.82, 2.24) is 9.97 Å². The van der Waals surface area contributed by atoms with Gasteiger partial charge in [0.15, 0.2) is 0 Å². The van der Waals surface area contributed by atoms with E-state index in [1.165, 1.54) is 36.5 Å². The zero-order valence-electron chi connectivity index (χ0n) is 14.0. The number of carbonyl (C=O) groups is 2. The van der Waals surface area contributed by atoms with Crippen LogP contribution in [0.15, 0.2) is 36.7 Å². The van der Waals surface area contributed by atoms with E-state index in [0.717, 1.165) is 0 Å². The smallest absolute Gasteiger partial charge is 0.416 e. The minimum Gasteiger partial charge on any atom is -0.478 e. The van der Waals surface area contributed by atoms with Gasteiger partial charge in [-0.05, 0) is 38.5 Å². The van der Waals surface area contributed by atoms with Crippen LogP contribution in [0.1, 0.15) is 31.1 Å². The van der Waals surface area contributed by atoms with Gasteiger partial charge in [-0.25, -0.2) is 24.5 Å². The fourth-order valence-electron chi connectivity index (χ4n) is 1.89. The highest BCUT2D eigenvalue weighted by Gasteiger charge is 2.22. The Labute approximate surface area is 139 Å². The summed E-state index contributed by atoms with van der Waals surface area (Å²) < 4.78 is 5.25. The molecule has 126 valence electrons. The molecule has 2 rings (SSSR count). The SMILES string of the molecule is CN(C(=O)OC(C)(C)C)c1ncc(-c2cccc(C(=O)O)c2)cn1. The first-order valence-corrected chi connectivity index (χ1v) is 7.30. The summed E-state index contributed by atoms with van der Waals surface area (Å²) in [4.78, 5) is 32.5. The number of carboxylic acid groups (broad SMARTS) is 1. The number of amides is 1. The van der Waals surface area contributed by atoms with Gasteiger partial charge in [-0.2, -0.15) is 0 Å². The molecule has 1 N–H and O–H groups in total. The molecule has 24 heavy (non-hydrogen) atoms. The second-order valence-electron chi connectivity index (χ2n) is 6.20. The number of anilines is 1. The summed E-state index contributed by atoms with van der Waals surface area (Å²) in [6.07, 6.45) is 2.51. The second kappa shape index (κ2) is 6.66. The van der Waals surface area contributed by atoms with E-state index < -0.39 is 17.7 Å². The Kier molecular flexibility index (Phi) is 4.82. The Hall–Kier alpha value is -2.96. The quantitative estimate of drug-likeness (QED) is 0.929. The largest absolute Gasteiger partial charge is 0.478 e. The number of hydrogen-bond donors (Lipinski definition) is 1. The van der Waals surface area contributed by atoms with Crippen LogP contribution in [0.4, 0.5) is 10.7 Å². The summed E-state index contributed by atoms with van der Waals surface area (Å²) in [7, 11) is 1.52. The van der Waals surface area contributed by atoms with Crippen molar-refractivity contribution in [3.8, 4) is 11.1 Å². The van der Waals surface area contributed by atoms with Gasteiger partial charge < -0.3 is 9.84 Å². The predicted molar refractivity (Wildman–Crippen MR) is 89.1 cm³/mol. The molecule has 0 atom stereocenters. The molecule has 1 amide bonds. The second-order valence-corrected chi connectivity index (χ2v) is 6.20. The lowest BCUT2D eigenvalue weighted by Crippen LogP contribution is -2.35. The maximum absolute atomic E-state index is 12.0. The van der Waals surface area contributed by atoms with Crippen LogP contribution in [0.25, 0.3) is 11.1 Å². The molecule has 1 aromatic carbocycles. The van der Waals surface area contributed by atoms with E-state index in [4.69, 9.17) is 9.84 Å². The average molecular weight is 329 g/mol. The molecule has 0 unspecified atom stereocenters. The Morgan fingerprint density at radius 2 is 1.75 bits per heavy atom. The van der Waals surface area contributed by atoms with Crippen LogP contribution in [0, 0.1) is 0 Å². The molecule has 0 aliphatic carbocycles. The summed E-state index contributed by atoms with van der Waals surface area (Å²) >= 11 is 0. The van der Waals surface area contributed by atoms with Crippen molar-refractivity contribution in [3.05, 3.63) is 42.2 Å². The number of benzene rings is 1. The van der Waals surface area contributed by atoms with E-state index in [1.807, 2.05) is 0 Å². The van der Waals surface area contributed by atoms with E-state index in [9.17, 15) is 9.59 Å². The van der Waals surface area contributed by atoms with Crippen LogP contribution < -0.4 is 4.90 Å². The molecule has 0 spiro atoms. The number of rotatable bonds is 3. The zero-order valence-corrected chi connectivity index (χ0v) is 14.0. The maximum atomic E-state index is 12.0. The number of aromatic nitrogens is 2. The summed E-state index contributed by atoms with van der Waals surface area (Å²) in [5.41, 5.74) is 0.908. The van der Waals surface area contributed by atoms with Crippen LogP contribution in [-0.4, -0.2) is 39.8 Å². The Morgan fingerprint density at radius 3 is 2.29 bits per heavy atom. The van der Waals surface area contributed by atoms with Crippen molar-refractivity contribution < 1.29 is 19.4 Å². The van der Waals surface area contributed by atoms with Crippen LogP contribution in [0.2, 0.25) is 0 Å². The maximum Gasteiger partial charge on any atom is 0.416 e. The standard InChI is InChI=1S/C17H19N3O4/c1-17(2,3)24-16(23)20(4)15-18-9-13(10-19-15)11-6-5-7-12(8-11)14(21)22/h5-10H,1-4H3,(H,21,22). The van der Waals surface area contributed by atoms with Gasteiger partial charge in [-0.3, -0.25) is 0 Å². The van der Waals surface area contributed by atoms with E-state index >= 15 is 0 Å². The molecule has 7 heteroatoms. The van der Waals surface area contributed by atoms with Gasteiger partial charge in [0.25, 0.3) is 0 Å². The van der Waals surface area contributed by atoms with E-state index in [-0.39, 0.29) is 11.5 Å². The normalized spacial score (nSPS) is 11.0. The third kappa shape index (κ3) is 4.28. The van der Waals surface area contributed by atoms with Gasteiger partial charge in [-0.1, -0.05) is 12.1 Å². The number of ether oxygens (including phenoxy) is 1. The molecule has 2 aromatic rings. The highest BCUT2D eigenvalue weighted by molar-refractivity contribution is 5.89. The topological polar surface area (TPSA) is 92.6 Å². The van der Waals surface area contributed by atoms with Gasteiger partial charge in [-0.15, -0.1) is 0 Å². The minimum absolute atomic E-state index is 0.183. The van der Waals surface area contributed by atoms with E-state index in [2.05, 4.69) is 9.97 Å². The zero-order chi connectivity index (χ0) is 17.9. The summed E-state index contributed by atoms with van der Waals surface area (Å²) in [5.74, 6) is -0.804. The third-order valence-electron chi connectivity index (χ3n) is 3.05. The highest BCUT2D eigenvalue weighted by atomic mass is 16.6. The molecule has 0 radical (unpaired) electrons. The predicted octanol–water partition coefficient (Wildman–Crippen LogP) is 3.21. The number of nitrogens with zero attached hydrogens (tertiary/aromatic N) is 3. The lowest BCUT2D eigenvalue weighted by molar-refractivity contribution is 0.0586. The molecule has 0 aliphatic rings. The fourth-order valence-corrected chi connectivity index (χ4v) is 1.89. The fraction of sp³-hybridized carbons (Fsp3) is 0.294. The molecule has 0 aliphatic heterocycles. The Morgan fingerprint density at radius 1 is 1.12 bits per heavy atom. The van der Waals surface area contributed by atoms with Crippen LogP contribution in [0.3, 0.4) is 0 Å². The summed E-state index contributed by atoms with van der Waals surface area (Å²) in [6.45, 7) is 5.33. The van der Waals surface area contributed by atoms with Crippen molar-refractivity contribution in [1.29, 1.82) is 0 Å². The lowest BCUT2D eigenvalue weighted by Gasteiger charge is -2.23. The van der Waals surface area contributed by atoms with Gasteiger partial charge in [0.1, 0.15) is 5.60 Å². The van der Waals surface area contributed by atoms with Crippen molar-refractivity contribution in [3.63, 3.8) is 0 Å². The van der Waals surface area contributed by atoms with Gasteiger partial charge in [0, 0.05) is 25.0 Å². The van der Waals surface area contributed by atoms with E-state index in [1.54, 1.807) is 32.9 Å². The summed E-state index contributed by atoms with van der Waals surface area (Å²) in [5, 5.41) is 9.04. The molecule has 1 heterocycles. The van der Waals surface area contributed by atoms with Gasteiger partial charge in [0.2, 0.25) is 5.95 Å². The number of carbonyl (C=O) groups excluding carboxylic acids is 1. The minimum atomic E-state index is -1.00.